The largest absolute Gasteiger partial charge is 0.496 e. The van der Waals surface area contributed by atoms with Crippen molar-refractivity contribution in [1.82, 2.24) is 5.32 Å². The third kappa shape index (κ3) is 2.26. The van der Waals surface area contributed by atoms with Crippen LogP contribution in [0.1, 0.15) is 16.7 Å². The normalized spacial score (nSPS) is 10.3. The van der Waals surface area contributed by atoms with E-state index >= 15 is 0 Å². The van der Waals surface area contributed by atoms with Gasteiger partial charge in [-0.15, -0.1) is 0 Å². The second-order valence-corrected chi connectivity index (χ2v) is 3.54. The van der Waals surface area contributed by atoms with Gasteiger partial charge in [0.1, 0.15) is 5.75 Å². The molecule has 0 aliphatic carbocycles. The Morgan fingerprint density at radius 3 is 2.57 bits per heavy atom. The minimum atomic E-state index is 0.987. The van der Waals surface area contributed by atoms with Crippen molar-refractivity contribution in [3.63, 3.8) is 0 Å². The van der Waals surface area contributed by atoms with Crippen LogP contribution in [0.15, 0.2) is 12.1 Å². The summed E-state index contributed by atoms with van der Waals surface area (Å²) in [6.07, 6.45) is 1.02. The van der Waals surface area contributed by atoms with Crippen LogP contribution in [0, 0.1) is 13.8 Å². The van der Waals surface area contributed by atoms with Gasteiger partial charge >= 0.3 is 0 Å². The molecule has 1 aromatic rings. The SMILES string of the molecule is CNCCc1c(OC)ccc(C)c1C. The van der Waals surface area contributed by atoms with E-state index in [1.807, 2.05) is 13.1 Å². The predicted octanol–water partition coefficient (Wildman–Crippen LogP) is 2.07. The Morgan fingerprint density at radius 1 is 1.29 bits per heavy atom. The summed E-state index contributed by atoms with van der Waals surface area (Å²) in [5.41, 5.74) is 4.00. The minimum absolute atomic E-state index is 0.987. The Bertz CT molecular complexity index is 307. The van der Waals surface area contributed by atoms with E-state index < -0.39 is 0 Å². The average molecular weight is 193 g/mol. The second kappa shape index (κ2) is 5.01. The summed E-state index contributed by atoms with van der Waals surface area (Å²) in [5, 5.41) is 3.16. The van der Waals surface area contributed by atoms with Crippen molar-refractivity contribution < 1.29 is 4.74 Å². The molecule has 1 N–H and O–H groups in total. The van der Waals surface area contributed by atoms with Crippen LogP contribution in [0.25, 0.3) is 0 Å². The van der Waals surface area contributed by atoms with Gasteiger partial charge in [0.05, 0.1) is 7.11 Å². The molecule has 0 heterocycles. The predicted molar refractivity (Wildman–Crippen MR) is 60.1 cm³/mol. The first-order chi connectivity index (χ1) is 6.70. The van der Waals surface area contributed by atoms with Crippen LogP contribution in [0.3, 0.4) is 0 Å². The van der Waals surface area contributed by atoms with Crippen LogP contribution in [0.4, 0.5) is 0 Å². The summed E-state index contributed by atoms with van der Waals surface area (Å²) < 4.78 is 5.35. The molecule has 0 fully saturated rings. The summed E-state index contributed by atoms with van der Waals surface area (Å²) >= 11 is 0. The Hall–Kier alpha value is -1.02. The minimum Gasteiger partial charge on any atom is -0.496 e. The zero-order valence-electron chi connectivity index (χ0n) is 9.48. The van der Waals surface area contributed by atoms with Gasteiger partial charge in [0.25, 0.3) is 0 Å². The fourth-order valence-corrected chi connectivity index (χ4v) is 1.60. The van der Waals surface area contributed by atoms with Crippen LogP contribution < -0.4 is 10.1 Å². The standard InChI is InChI=1S/C12H19NO/c1-9-5-6-12(14-4)11(10(9)2)7-8-13-3/h5-6,13H,7-8H2,1-4H3. The molecule has 0 spiro atoms. The zero-order chi connectivity index (χ0) is 10.6. The maximum absolute atomic E-state index is 5.35. The Labute approximate surface area is 86.3 Å². The number of nitrogens with one attached hydrogen (secondary N) is 1. The van der Waals surface area contributed by atoms with Crippen LogP contribution in [0.2, 0.25) is 0 Å². The van der Waals surface area contributed by atoms with E-state index in [4.69, 9.17) is 4.74 Å². The molecule has 0 saturated carbocycles. The maximum Gasteiger partial charge on any atom is 0.122 e. The number of likely N-dealkylation sites (N-methyl/N-ethyl adjacent to an activating group) is 1. The summed E-state index contributed by atoms with van der Waals surface area (Å²) in [6, 6.07) is 4.16. The quantitative estimate of drug-likeness (QED) is 0.790. The lowest BCUT2D eigenvalue weighted by Crippen LogP contribution is -2.12. The van der Waals surface area contributed by atoms with Crippen molar-refractivity contribution in [3.05, 3.63) is 28.8 Å². The fraction of sp³-hybridized carbons (Fsp3) is 0.500. The summed E-state index contributed by atoms with van der Waals surface area (Å²) in [5.74, 6) is 1.00. The highest BCUT2D eigenvalue weighted by Gasteiger charge is 2.07. The van der Waals surface area contributed by atoms with Gasteiger partial charge < -0.3 is 10.1 Å². The zero-order valence-corrected chi connectivity index (χ0v) is 9.48. The third-order valence-electron chi connectivity index (χ3n) is 2.67. The molecule has 0 atom stereocenters. The molecular weight excluding hydrogens is 174 g/mol. The molecule has 0 aromatic heterocycles. The van der Waals surface area contributed by atoms with E-state index in [1.165, 1.54) is 16.7 Å². The highest BCUT2D eigenvalue weighted by Crippen LogP contribution is 2.24. The first-order valence-corrected chi connectivity index (χ1v) is 4.98. The number of benzene rings is 1. The first-order valence-electron chi connectivity index (χ1n) is 4.98. The Balaban J connectivity index is 3.01. The van der Waals surface area contributed by atoms with Crippen LogP contribution in [0.5, 0.6) is 5.75 Å². The second-order valence-electron chi connectivity index (χ2n) is 3.54. The van der Waals surface area contributed by atoms with Crippen molar-refractivity contribution in [3.8, 4) is 5.75 Å². The number of rotatable bonds is 4. The molecule has 1 aromatic carbocycles. The van der Waals surface area contributed by atoms with Gasteiger partial charge in [-0.3, -0.25) is 0 Å². The van der Waals surface area contributed by atoms with Crippen LogP contribution in [-0.4, -0.2) is 20.7 Å². The summed E-state index contributed by atoms with van der Waals surface area (Å²) in [6.45, 7) is 5.28. The molecule has 2 heteroatoms. The van der Waals surface area contributed by atoms with Gasteiger partial charge in [0.2, 0.25) is 0 Å². The molecule has 0 radical (unpaired) electrons. The summed E-state index contributed by atoms with van der Waals surface area (Å²) in [4.78, 5) is 0. The van der Waals surface area contributed by atoms with Crippen LogP contribution in [-0.2, 0) is 6.42 Å². The van der Waals surface area contributed by atoms with Gasteiger partial charge in [-0.05, 0) is 56.6 Å². The number of ether oxygens (including phenoxy) is 1. The van der Waals surface area contributed by atoms with Gasteiger partial charge in [0, 0.05) is 0 Å². The molecule has 0 aliphatic rings. The number of hydrogen-bond donors (Lipinski definition) is 1. The third-order valence-corrected chi connectivity index (χ3v) is 2.67. The van der Waals surface area contributed by atoms with Crippen LogP contribution >= 0.6 is 0 Å². The topological polar surface area (TPSA) is 21.3 Å². The van der Waals surface area contributed by atoms with E-state index in [1.54, 1.807) is 7.11 Å². The molecule has 0 aliphatic heterocycles. The van der Waals surface area contributed by atoms with Gasteiger partial charge in [0.15, 0.2) is 0 Å². The van der Waals surface area contributed by atoms with E-state index in [-0.39, 0.29) is 0 Å². The molecule has 0 unspecified atom stereocenters. The number of hydrogen-bond acceptors (Lipinski definition) is 2. The number of aryl methyl sites for hydroxylation is 1. The Morgan fingerprint density at radius 2 is 2.00 bits per heavy atom. The molecule has 1 rings (SSSR count). The molecule has 14 heavy (non-hydrogen) atoms. The number of methoxy groups -OCH3 is 1. The lowest BCUT2D eigenvalue weighted by atomic mass is 10.00. The maximum atomic E-state index is 5.35. The van der Waals surface area contributed by atoms with Crippen molar-refractivity contribution in [2.75, 3.05) is 20.7 Å². The highest BCUT2D eigenvalue weighted by atomic mass is 16.5. The molecule has 78 valence electrons. The van der Waals surface area contributed by atoms with Crippen molar-refractivity contribution in [1.29, 1.82) is 0 Å². The Kier molecular flexibility index (Phi) is 3.96. The van der Waals surface area contributed by atoms with Gasteiger partial charge in [-0.1, -0.05) is 6.07 Å². The lowest BCUT2D eigenvalue weighted by Gasteiger charge is -2.13. The van der Waals surface area contributed by atoms with E-state index in [0.29, 0.717) is 0 Å². The molecule has 0 amide bonds. The molecule has 0 saturated heterocycles. The fourth-order valence-electron chi connectivity index (χ4n) is 1.60. The lowest BCUT2D eigenvalue weighted by molar-refractivity contribution is 0.408. The smallest absolute Gasteiger partial charge is 0.122 e. The highest BCUT2D eigenvalue weighted by molar-refractivity contribution is 5.44. The molecule has 2 nitrogen and oxygen atoms in total. The molecule has 0 bridgehead atoms. The average Bonchev–Trinajstić information content (AvgIpc) is 2.20. The molecular formula is C12H19NO. The van der Waals surface area contributed by atoms with Gasteiger partial charge in [-0.2, -0.15) is 0 Å². The van der Waals surface area contributed by atoms with E-state index in [2.05, 4.69) is 25.2 Å². The summed E-state index contributed by atoms with van der Waals surface area (Å²) in [7, 11) is 3.70. The van der Waals surface area contributed by atoms with Crippen molar-refractivity contribution in [2.45, 2.75) is 20.3 Å². The van der Waals surface area contributed by atoms with Crippen molar-refractivity contribution in [2.24, 2.45) is 0 Å². The first kappa shape index (κ1) is 11.1. The van der Waals surface area contributed by atoms with E-state index in [9.17, 15) is 0 Å². The van der Waals surface area contributed by atoms with E-state index in [0.717, 1.165) is 18.7 Å². The van der Waals surface area contributed by atoms with Gasteiger partial charge in [-0.25, -0.2) is 0 Å². The van der Waals surface area contributed by atoms with Crippen molar-refractivity contribution >= 4 is 0 Å². The monoisotopic (exact) mass is 193 g/mol.